The number of ether oxygens (including phenoxy) is 2. The summed E-state index contributed by atoms with van der Waals surface area (Å²) in [6, 6.07) is 11.2. The fraction of sp³-hybridized carbons (Fsp3) is 0.429. The van der Waals surface area contributed by atoms with Crippen molar-refractivity contribution in [3.8, 4) is 22.8 Å². The largest absolute Gasteiger partial charge is 0.542 e. The lowest BCUT2D eigenvalue weighted by Crippen LogP contribution is -3.12. The van der Waals surface area contributed by atoms with Crippen LogP contribution in [0.15, 0.2) is 48.7 Å². The Morgan fingerprint density at radius 2 is 1.54 bits per heavy atom. The summed E-state index contributed by atoms with van der Waals surface area (Å²) in [7, 11) is 0. The molecule has 4 aliphatic rings. The Labute approximate surface area is 283 Å². The number of anilines is 1. The van der Waals surface area contributed by atoms with E-state index in [0.717, 1.165) is 81.7 Å². The number of nitrogens with one attached hydrogen (secondary N) is 1. The number of carbonyl (C=O) groups is 3. The number of quaternary nitrogens is 1. The number of aromatic nitrogens is 1. The monoisotopic (exact) mass is 703 g/mol. The molecule has 266 valence electrons. The van der Waals surface area contributed by atoms with E-state index in [0.29, 0.717) is 30.0 Å². The summed E-state index contributed by atoms with van der Waals surface area (Å²) >= 11 is 0. The van der Waals surface area contributed by atoms with Crippen LogP contribution in [0.3, 0.4) is 0 Å². The number of carboxylic acid groups (broad SMARTS) is 2. The summed E-state index contributed by atoms with van der Waals surface area (Å²) in [4.78, 5) is 40.3. The van der Waals surface area contributed by atoms with Crippen molar-refractivity contribution in [2.24, 2.45) is 5.41 Å². The van der Waals surface area contributed by atoms with E-state index in [9.17, 15) is 36.6 Å². The number of hydrogen-bond acceptors (Lipinski definition) is 7. The van der Waals surface area contributed by atoms with Crippen LogP contribution in [0.1, 0.15) is 60.9 Å². The summed E-state index contributed by atoms with van der Waals surface area (Å²) in [6.45, 7) is 3.15. The highest BCUT2D eigenvalue weighted by Crippen LogP contribution is 2.45. The highest BCUT2D eigenvalue weighted by molar-refractivity contribution is 5.97. The van der Waals surface area contributed by atoms with Crippen molar-refractivity contribution in [1.29, 1.82) is 0 Å². The number of rotatable bonds is 9. The average Bonchev–Trinajstić information content (AvgIpc) is 4.00. The van der Waals surface area contributed by atoms with Crippen LogP contribution in [0.25, 0.3) is 11.3 Å². The van der Waals surface area contributed by atoms with Gasteiger partial charge in [0, 0.05) is 48.5 Å². The molecule has 4 fully saturated rings. The quantitative estimate of drug-likeness (QED) is 0.323. The molecule has 2 saturated carbocycles. The Bertz CT molecular complexity index is 1730. The van der Waals surface area contributed by atoms with Gasteiger partial charge in [-0.25, -0.2) is 18.6 Å². The number of carbonyl (C=O) groups excluding carboxylic acids is 2. The van der Waals surface area contributed by atoms with E-state index in [1.165, 1.54) is 17.0 Å². The number of likely N-dealkylation sites (tertiary alicyclic amines) is 1. The lowest BCUT2D eigenvalue weighted by molar-refractivity contribution is -0.921. The molecule has 3 aromatic rings. The average molecular weight is 704 g/mol. The molecular formula is C35H34F5N3O7. The predicted octanol–water partition coefficient (Wildman–Crippen LogP) is 3.71. The third-order valence-electron chi connectivity index (χ3n) is 9.26. The number of hydrogen-bond donors (Lipinski definition) is 2. The van der Waals surface area contributed by atoms with Crippen LogP contribution >= 0.6 is 0 Å². The second-order valence-corrected chi connectivity index (χ2v) is 13.3. The van der Waals surface area contributed by atoms with Crippen LogP contribution in [-0.4, -0.2) is 66.0 Å². The normalized spacial score (nSPS) is 21.8. The predicted molar refractivity (Wildman–Crippen MR) is 164 cm³/mol. The van der Waals surface area contributed by atoms with Gasteiger partial charge < -0.3 is 34.3 Å². The van der Waals surface area contributed by atoms with E-state index >= 15 is 0 Å². The third-order valence-corrected chi connectivity index (χ3v) is 9.26. The van der Waals surface area contributed by atoms with Crippen LogP contribution in [0.2, 0.25) is 0 Å². The number of carboxylic acids is 2. The maximum atomic E-state index is 15.0. The van der Waals surface area contributed by atoms with Crippen molar-refractivity contribution in [1.82, 2.24) is 4.98 Å². The van der Waals surface area contributed by atoms with E-state index in [1.807, 2.05) is 12.1 Å². The van der Waals surface area contributed by atoms with Crippen molar-refractivity contribution in [2.75, 3.05) is 24.5 Å². The molecule has 15 heteroatoms. The molecular weight excluding hydrogens is 669 g/mol. The summed E-state index contributed by atoms with van der Waals surface area (Å²) in [5.41, 5.74) is 2.33. The van der Waals surface area contributed by atoms with Gasteiger partial charge in [-0.3, -0.25) is 4.79 Å². The molecule has 2 N–H and O–H groups in total. The summed E-state index contributed by atoms with van der Waals surface area (Å²) < 4.78 is 72.7. The van der Waals surface area contributed by atoms with Gasteiger partial charge in [-0.1, -0.05) is 0 Å². The minimum absolute atomic E-state index is 0.0274. The van der Waals surface area contributed by atoms with Crippen molar-refractivity contribution in [3.63, 3.8) is 0 Å². The van der Waals surface area contributed by atoms with E-state index < -0.39 is 29.7 Å². The molecule has 0 unspecified atom stereocenters. The van der Waals surface area contributed by atoms with Gasteiger partial charge >= 0.3 is 12.1 Å². The minimum atomic E-state index is -5.19. The smallest absolute Gasteiger partial charge is 0.430 e. The van der Waals surface area contributed by atoms with Gasteiger partial charge in [-0.05, 0) is 62.1 Å². The SMILES string of the molecule is O=C(O)c1ccc(N2CC3(CC[NH+](Cc4cc(OC5CC5)c(-c5ncc(F)cc5F)c(OC5CC5)c4)CC3)CC2=O)cc1.O=C([O-])C(F)(F)F. The highest BCUT2D eigenvalue weighted by atomic mass is 19.4. The van der Waals surface area contributed by atoms with E-state index in [-0.39, 0.29) is 34.8 Å². The van der Waals surface area contributed by atoms with Crippen LogP contribution in [-0.2, 0) is 16.1 Å². The number of alkyl halides is 3. The number of aliphatic carboxylic acids is 1. The molecule has 7 rings (SSSR count). The van der Waals surface area contributed by atoms with Gasteiger partial charge in [-0.15, -0.1) is 0 Å². The molecule has 2 aliphatic carbocycles. The molecule has 50 heavy (non-hydrogen) atoms. The van der Waals surface area contributed by atoms with Crippen molar-refractivity contribution < 1.29 is 60.9 Å². The minimum Gasteiger partial charge on any atom is -0.542 e. The molecule has 0 atom stereocenters. The van der Waals surface area contributed by atoms with Crippen LogP contribution in [0, 0.1) is 17.0 Å². The molecule has 2 saturated heterocycles. The molecule has 3 heterocycles. The van der Waals surface area contributed by atoms with E-state index in [2.05, 4.69) is 4.98 Å². The molecule has 0 bridgehead atoms. The van der Waals surface area contributed by atoms with Gasteiger partial charge in [-0.2, -0.15) is 13.2 Å². The van der Waals surface area contributed by atoms with Crippen molar-refractivity contribution in [2.45, 2.75) is 69.9 Å². The lowest BCUT2D eigenvalue weighted by Gasteiger charge is -2.36. The fourth-order valence-electron chi connectivity index (χ4n) is 6.34. The summed E-state index contributed by atoms with van der Waals surface area (Å²) in [5, 5.41) is 18.0. The number of nitrogens with zero attached hydrogens (tertiary/aromatic N) is 2. The van der Waals surface area contributed by atoms with E-state index in [1.54, 1.807) is 17.0 Å². The highest BCUT2D eigenvalue weighted by Gasteiger charge is 2.46. The number of amides is 1. The van der Waals surface area contributed by atoms with Gasteiger partial charge in [0.2, 0.25) is 5.91 Å². The number of benzene rings is 2. The zero-order valence-electron chi connectivity index (χ0n) is 26.7. The second-order valence-electron chi connectivity index (χ2n) is 13.3. The van der Waals surface area contributed by atoms with Crippen molar-refractivity contribution >= 4 is 23.5 Å². The Balaban J connectivity index is 0.000000561. The van der Waals surface area contributed by atoms with Gasteiger partial charge in [0.05, 0.1) is 42.6 Å². The van der Waals surface area contributed by atoms with Gasteiger partial charge in [0.1, 0.15) is 35.5 Å². The fourth-order valence-corrected chi connectivity index (χ4v) is 6.34. The maximum Gasteiger partial charge on any atom is 0.430 e. The molecule has 10 nitrogen and oxygen atoms in total. The van der Waals surface area contributed by atoms with Gasteiger partial charge in [0.15, 0.2) is 5.82 Å². The Hall–Kier alpha value is -4.79. The standard InChI is InChI=1S/C33H33F2N3O5.C2HF3O2/c34-22-15-26(35)31(36-17-22)30-27(42-24-5-6-24)13-20(14-28(30)43-25-7-8-25)18-37-11-9-33(10-12-37)16-29(39)38(19-33)23-3-1-21(2-4-23)32(40)41;3-2(4,5)1(6)7/h1-4,13-15,17,24-25H,5-12,16,18-19H2,(H,40,41);(H,6,7). The molecule has 2 aliphatic heterocycles. The van der Waals surface area contributed by atoms with Gasteiger partial charge in [0.25, 0.3) is 0 Å². The second kappa shape index (κ2) is 13.8. The first-order chi connectivity index (χ1) is 23.7. The Morgan fingerprint density at radius 1 is 0.980 bits per heavy atom. The first-order valence-corrected chi connectivity index (χ1v) is 16.3. The Morgan fingerprint density at radius 3 is 2.02 bits per heavy atom. The van der Waals surface area contributed by atoms with Crippen molar-refractivity contribution in [3.05, 3.63) is 71.4 Å². The summed E-state index contributed by atoms with van der Waals surface area (Å²) in [5.74, 6) is -4.36. The maximum absolute atomic E-state index is 15.0. The Kier molecular flexibility index (Phi) is 9.71. The molecule has 1 spiro atoms. The van der Waals surface area contributed by atoms with Crippen LogP contribution < -0.4 is 24.4 Å². The van der Waals surface area contributed by atoms with Crippen LogP contribution in [0.4, 0.5) is 27.6 Å². The number of aromatic carboxylic acids is 1. The first kappa shape index (κ1) is 35.1. The number of pyridine rings is 1. The zero-order chi connectivity index (χ0) is 35.8. The third kappa shape index (κ3) is 8.32. The lowest BCUT2D eigenvalue weighted by atomic mass is 9.77. The molecule has 2 aromatic carbocycles. The zero-order valence-corrected chi connectivity index (χ0v) is 26.7. The number of halogens is 5. The molecule has 1 amide bonds. The van der Waals surface area contributed by atoms with E-state index in [4.69, 9.17) is 19.4 Å². The van der Waals surface area contributed by atoms with Crippen LogP contribution in [0.5, 0.6) is 11.5 Å². The molecule has 0 radical (unpaired) electrons. The summed E-state index contributed by atoms with van der Waals surface area (Å²) in [6.07, 6.45) is 1.97. The number of piperidine rings is 1. The first-order valence-electron chi connectivity index (χ1n) is 16.3. The molecule has 1 aromatic heterocycles. The topological polar surface area (TPSA) is 134 Å².